The maximum absolute atomic E-state index is 14.1. The molecule has 0 bridgehead atoms. The van der Waals surface area contributed by atoms with E-state index in [1.165, 1.54) is 11.3 Å². The van der Waals surface area contributed by atoms with E-state index < -0.39 is 0 Å². The number of ether oxygens (including phenoxy) is 1. The SMILES string of the molecule is Cc1nn(C)c2nc(C(C)C)cc(C(=O)N(CC3CCCO3)c3nc4ccccc4s3)c12. The van der Waals surface area contributed by atoms with Crippen LogP contribution in [0.25, 0.3) is 21.3 Å². The number of benzene rings is 1. The summed E-state index contributed by atoms with van der Waals surface area (Å²) < 4.78 is 8.72. The average molecular weight is 450 g/mol. The second-order valence-electron chi connectivity index (χ2n) is 8.67. The van der Waals surface area contributed by atoms with Crippen molar-refractivity contribution in [1.82, 2.24) is 19.7 Å². The highest BCUT2D eigenvalue weighted by molar-refractivity contribution is 7.22. The minimum Gasteiger partial charge on any atom is -0.376 e. The number of para-hydroxylation sites is 1. The lowest BCUT2D eigenvalue weighted by atomic mass is 10.0. The van der Waals surface area contributed by atoms with E-state index in [1.54, 1.807) is 9.58 Å². The lowest BCUT2D eigenvalue weighted by molar-refractivity contribution is 0.0918. The number of carbonyl (C=O) groups excluding carboxylic acids is 1. The first-order valence-electron chi connectivity index (χ1n) is 11.1. The van der Waals surface area contributed by atoms with Crippen molar-refractivity contribution >= 4 is 43.6 Å². The van der Waals surface area contributed by atoms with Crippen molar-refractivity contribution in [1.29, 1.82) is 0 Å². The highest BCUT2D eigenvalue weighted by Crippen LogP contribution is 2.33. The molecule has 166 valence electrons. The summed E-state index contributed by atoms with van der Waals surface area (Å²) in [6, 6.07) is 9.92. The summed E-state index contributed by atoms with van der Waals surface area (Å²) in [6.07, 6.45) is 1.98. The lowest BCUT2D eigenvalue weighted by Gasteiger charge is -2.24. The highest BCUT2D eigenvalue weighted by Gasteiger charge is 2.30. The molecule has 4 aromatic rings. The van der Waals surface area contributed by atoms with Gasteiger partial charge in [-0.1, -0.05) is 37.3 Å². The third kappa shape index (κ3) is 3.67. The highest BCUT2D eigenvalue weighted by atomic mass is 32.1. The van der Waals surface area contributed by atoms with Crippen LogP contribution in [-0.4, -0.2) is 44.9 Å². The first-order chi connectivity index (χ1) is 15.4. The predicted octanol–water partition coefficient (Wildman–Crippen LogP) is 4.84. The number of thiazole rings is 1. The average Bonchev–Trinajstić information content (AvgIpc) is 3.50. The molecule has 1 amide bonds. The van der Waals surface area contributed by atoms with Gasteiger partial charge in [0.15, 0.2) is 10.8 Å². The molecule has 1 aliphatic rings. The Hall–Kier alpha value is -2.84. The molecule has 8 heteroatoms. The van der Waals surface area contributed by atoms with Crippen LogP contribution < -0.4 is 4.90 Å². The van der Waals surface area contributed by atoms with Crippen LogP contribution in [0.4, 0.5) is 5.13 Å². The second-order valence-corrected chi connectivity index (χ2v) is 9.68. The fraction of sp³-hybridized carbons (Fsp3) is 0.417. The molecule has 1 fully saturated rings. The van der Waals surface area contributed by atoms with Gasteiger partial charge in [-0.3, -0.25) is 14.4 Å². The summed E-state index contributed by atoms with van der Waals surface area (Å²) in [5.41, 5.74) is 3.94. The number of amides is 1. The first-order valence-corrected chi connectivity index (χ1v) is 11.9. The number of pyridine rings is 1. The van der Waals surface area contributed by atoms with E-state index in [-0.39, 0.29) is 17.9 Å². The normalized spacial score (nSPS) is 16.5. The Kier molecular flexibility index (Phi) is 5.43. The van der Waals surface area contributed by atoms with Crippen LogP contribution in [0.15, 0.2) is 30.3 Å². The van der Waals surface area contributed by atoms with Crippen molar-refractivity contribution in [3.8, 4) is 0 Å². The largest absolute Gasteiger partial charge is 0.376 e. The van der Waals surface area contributed by atoms with Gasteiger partial charge in [0.25, 0.3) is 5.91 Å². The lowest BCUT2D eigenvalue weighted by Crippen LogP contribution is -2.37. The summed E-state index contributed by atoms with van der Waals surface area (Å²) in [5, 5.41) is 6.05. The molecule has 4 heterocycles. The zero-order chi connectivity index (χ0) is 22.4. The van der Waals surface area contributed by atoms with Crippen LogP contribution in [0.5, 0.6) is 0 Å². The minimum atomic E-state index is -0.0787. The molecule has 0 spiro atoms. The van der Waals surface area contributed by atoms with E-state index in [4.69, 9.17) is 14.7 Å². The molecule has 32 heavy (non-hydrogen) atoms. The maximum Gasteiger partial charge on any atom is 0.261 e. The number of nitrogens with zero attached hydrogens (tertiary/aromatic N) is 5. The molecule has 1 atom stereocenters. The number of anilines is 1. The van der Waals surface area contributed by atoms with E-state index in [9.17, 15) is 4.79 Å². The minimum absolute atomic E-state index is 0.0165. The zero-order valence-electron chi connectivity index (χ0n) is 18.8. The molecule has 3 aromatic heterocycles. The van der Waals surface area contributed by atoms with Crippen LogP contribution in [-0.2, 0) is 11.8 Å². The summed E-state index contributed by atoms with van der Waals surface area (Å²) in [4.78, 5) is 25.5. The number of hydrogen-bond donors (Lipinski definition) is 0. The van der Waals surface area contributed by atoms with Gasteiger partial charge in [-0.15, -0.1) is 0 Å². The van der Waals surface area contributed by atoms with Gasteiger partial charge < -0.3 is 4.74 Å². The third-order valence-electron chi connectivity index (χ3n) is 5.98. The number of aromatic nitrogens is 4. The summed E-state index contributed by atoms with van der Waals surface area (Å²) in [6.45, 7) is 7.33. The summed E-state index contributed by atoms with van der Waals surface area (Å²) in [5.74, 6) is 0.111. The van der Waals surface area contributed by atoms with E-state index in [0.29, 0.717) is 17.2 Å². The Bertz CT molecular complexity index is 1270. The van der Waals surface area contributed by atoms with E-state index in [1.807, 2.05) is 44.3 Å². The van der Waals surface area contributed by atoms with E-state index >= 15 is 0 Å². The van der Waals surface area contributed by atoms with Gasteiger partial charge in [-0.2, -0.15) is 5.10 Å². The molecule has 7 nitrogen and oxygen atoms in total. The van der Waals surface area contributed by atoms with Crippen molar-refractivity contribution in [2.75, 3.05) is 18.1 Å². The predicted molar refractivity (Wildman–Crippen MR) is 128 cm³/mol. The Morgan fingerprint density at radius 2 is 2.12 bits per heavy atom. The molecule has 0 aliphatic carbocycles. The molecule has 1 aromatic carbocycles. The van der Waals surface area contributed by atoms with Gasteiger partial charge in [0.2, 0.25) is 0 Å². The van der Waals surface area contributed by atoms with Crippen molar-refractivity contribution in [2.24, 2.45) is 7.05 Å². The quantitative estimate of drug-likeness (QED) is 0.436. The van der Waals surface area contributed by atoms with Crippen molar-refractivity contribution in [2.45, 2.75) is 45.6 Å². The Labute approximate surface area is 191 Å². The van der Waals surface area contributed by atoms with Crippen LogP contribution >= 0.6 is 11.3 Å². The van der Waals surface area contributed by atoms with Gasteiger partial charge in [0.05, 0.1) is 39.5 Å². The maximum atomic E-state index is 14.1. The number of hydrogen-bond acceptors (Lipinski definition) is 6. The smallest absolute Gasteiger partial charge is 0.261 e. The molecule has 1 unspecified atom stereocenters. The van der Waals surface area contributed by atoms with Crippen LogP contribution in [0.3, 0.4) is 0 Å². The second kappa shape index (κ2) is 8.26. The zero-order valence-corrected chi connectivity index (χ0v) is 19.6. The molecular formula is C24H27N5O2S. The molecule has 5 rings (SSSR count). The molecule has 0 radical (unpaired) electrons. The third-order valence-corrected chi connectivity index (χ3v) is 7.04. The standard InChI is InChI=1S/C24H27N5O2S/c1-14(2)19-12-17(21-15(3)27-28(4)22(21)25-19)23(30)29(13-16-8-7-11-31-16)24-26-18-9-5-6-10-20(18)32-24/h5-6,9-10,12,14,16H,7-8,11,13H2,1-4H3. The number of fused-ring (bicyclic) bond motifs is 2. The van der Waals surface area contributed by atoms with Crippen molar-refractivity contribution < 1.29 is 9.53 Å². The number of aryl methyl sites for hydroxylation is 2. The fourth-order valence-corrected chi connectivity index (χ4v) is 5.26. The van der Waals surface area contributed by atoms with Crippen molar-refractivity contribution in [3.05, 3.63) is 47.3 Å². The van der Waals surface area contributed by atoms with Gasteiger partial charge >= 0.3 is 0 Å². The summed E-state index contributed by atoms with van der Waals surface area (Å²) >= 11 is 1.54. The van der Waals surface area contributed by atoms with Crippen molar-refractivity contribution in [3.63, 3.8) is 0 Å². The number of carbonyl (C=O) groups is 1. The fourth-order valence-electron chi connectivity index (χ4n) is 4.29. The van der Waals surface area contributed by atoms with Gasteiger partial charge in [-0.05, 0) is 43.9 Å². The Morgan fingerprint density at radius 3 is 2.84 bits per heavy atom. The monoisotopic (exact) mass is 449 g/mol. The Balaban J connectivity index is 1.66. The van der Waals surface area contributed by atoms with Crippen LogP contribution in [0.2, 0.25) is 0 Å². The molecular weight excluding hydrogens is 422 g/mol. The van der Waals surface area contributed by atoms with E-state index in [2.05, 4.69) is 18.9 Å². The molecule has 1 aliphatic heterocycles. The molecule has 0 N–H and O–H groups in total. The van der Waals surface area contributed by atoms with Gasteiger partial charge in [0, 0.05) is 19.3 Å². The molecule has 1 saturated heterocycles. The topological polar surface area (TPSA) is 73.1 Å². The first kappa shape index (κ1) is 21.0. The van der Waals surface area contributed by atoms with Crippen LogP contribution in [0.1, 0.15) is 54.4 Å². The van der Waals surface area contributed by atoms with Crippen LogP contribution in [0, 0.1) is 6.92 Å². The number of rotatable bonds is 5. The van der Waals surface area contributed by atoms with Gasteiger partial charge in [-0.25, -0.2) is 9.97 Å². The summed E-state index contributed by atoms with van der Waals surface area (Å²) in [7, 11) is 1.87. The van der Waals surface area contributed by atoms with E-state index in [0.717, 1.165) is 52.1 Å². The Morgan fingerprint density at radius 1 is 1.31 bits per heavy atom. The van der Waals surface area contributed by atoms with Gasteiger partial charge in [0.1, 0.15) is 0 Å². The molecule has 0 saturated carbocycles.